The molecule has 0 aromatic carbocycles. The molecule has 0 atom stereocenters. The number of rotatable bonds is 2. The molecule has 0 bridgehead atoms. The Morgan fingerprint density at radius 1 is 1.89 bits per heavy atom. The molecule has 1 aromatic rings. The summed E-state index contributed by atoms with van der Waals surface area (Å²) in [7, 11) is 0. The van der Waals surface area contributed by atoms with Crippen LogP contribution < -0.4 is 0 Å². The molecule has 1 aromatic heterocycles. The number of hydrogen-bond acceptors (Lipinski definition) is 3. The van der Waals surface area contributed by atoms with Crippen LogP contribution in [0.25, 0.3) is 0 Å². The van der Waals surface area contributed by atoms with Crippen molar-refractivity contribution in [1.82, 2.24) is 15.0 Å². The Labute approximate surface area is 52.5 Å². The molecule has 0 radical (unpaired) electrons. The first-order valence-electron chi connectivity index (χ1n) is 2.72. The van der Waals surface area contributed by atoms with E-state index in [9.17, 15) is 4.79 Å². The maximum atomic E-state index is 10.0. The number of aromatic nitrogens is 3. The van der Waals surface area contributed by atoms with Gasteiger partial charge in [0.1, 0.15) is 5.69 Å². The normalized spacial score (nSPS) is 9.44. The van der Waals surface area contributed by atoms with Crippen molar-refractivity contribution >= 4 is 6.29 Å². The maximum absolute atomic E-state index is 10.0. The molecule has 0 N–H and O–H groups in total. The second-order valence-corrected chi connectivity index (χ2v) is 1.58. The van der Waals surface area contributed by atoms with Gasteiger partial charge in [-0.05, 0) is 6.92 Å². The van der Waals surface area contributed by atoms with E-state index in [-0.39, 0.29) is 0 Å². The zero-order valence-corrected chi connectivity index (χ0v) is 5.11. The highest BCUT2D eigenvalue weighted by Crippen LogP contribution is 1.84. The summed E-state index contributed by atoms with van der Waals surface area (Å²) >= 11 is 0. The molecule has 0 aliphatic heterocycles. The van der Waals surface area contributed by atoms with E-state index in [1.54, 1.807) is 0 Å². The molecular weight excluding hydrogens is 118 g/mol. The topological polar surface area (TPSA) is 47.8 Å². The summed E-state index contributed by atoms with van der Waals surface area (Å²) in [6.07, 6.45) is 2.12. The number of aldehydes is 1. The lowest BCUT2D eigenvalue weighted by atomic mass is 10.6. The molecule has 0 saturated carbocycles. The van der Waals surface area contributed by atoms with Gasteiger partial charge in [0.15, 0.2) is 6.29 Å². The predicted octanol–water partition coefficient (Wildman–Crippen LogP) is 0.111. The third-order valence-electron chi connectivity index (χ3n) is 0.958. The number of hydrogen-bond donors (Lipinski definition) is 0. The monoisotopic (exact) mass is 125 g/mol. The standard InChI is InChI=1S/C5H7N3O/c1-2-8-6-3-5(4-9)7-8/h3-4H,2H2,1H3. The van der Waals surface area contributed by atoms with E-state index < -0.39 is 0 Å². The Kier molecular flexibility index (Phi) is 1.58. The average molecular weight is 125 g/mol. The largest absolute Gasteiger partial charge is 0.296 e. The Morgan fingerprint density at radius 2 is 2.67 bits per heavy atom. The molecular formula is C5H7N3O. The second-order valence-electron chi connectivity index (χ2n) is 1.58. The van der Waals surface area contributed by atoms with Crippen molar-refractivity contribution in [2.75, 3.05) is 0 Å². The lowest BCUT2D eigenvalue weighted by Gasteiger charge is -1.86. The van der Waals surface area contributed by atoms with Gasteiger partial charge in [0.05, 0.1) is 12.7 Å². The third-order valence-corrected chi connectivity index (χ3v) is 0.958. The number of carbonyl (C=O) groups excluding carboxylic acids is 1. The molecule has 0 spiro atoms. The highest BCUT2D eigenvalue weighted by molar-refractivity contribution is 5.70. The summed E-state index contributed by atoms with van der Waals surface area (Å²) in [6, 6.07) is 0. The van der Waals surface area contributed by atoms with Gasteiger partial charge in [-0.2, -0.15) is 15.0 Å². The molecule has 4 nitrogen and oxygen atoms in total. The van der Waals surface area contributed by atoms with Crippen LogP contribution >= 0.6 is 0 Å². The molecule has 4 heteroatoms. The van der Waals surface area contributed by atoms with Crippen LogP contribution in [0.3, 0.4) is 0 Å². The van der Waals surface area contributed by atoms with Crippen LogP contribution in [0.15, 0.2) is 6.20 Å². The van der Waals surface area contributed by atoms with E-state index in [2.05, 4.69) is 10.2 Å². The third kappa shape index (κ3) is 1.13. The van der Waals surface area contributed by atoms with Gasteiger partial charge >= 0.3 is 0 Å². The summed E-state index contributed by atoms with van der Waals surface area (Å²) in [6.45, 7) is 2.61. The van der Waals surface area contributed by atoms with Crippen LogP contribution in [0.5, 0.6) is 0 Å². The van der Waals surface area contributed by atoms with Gasteiger partial charge in [0.2, 0.25) is 0 Å². The van der Waals surface area contributed by atoms with Gasteiger partial charge in [0, 0.05) is 0 Å². The van der Waals surface area contributed by atoms with Crippen LogP contribution in [-0.2, 0) is 6.54 Å². The van der Waals surface area contributed by atoms with Crippen molar-refractivity contribution in [2.45, 2.75) is 13.5 Å². The van der Waals surface area contributed by atoms with E-state index >= 15 is 0 Å². The fraction of sp³-hybridized carbons (Fsp3) is 0.400. The molecule has 0 amide bonds. The first-order chi connectivity index (χ1) is 4.36. The van der Waals surface area contributed by atoms with Crippen LogP contribution in [-0.4, -0.2) is 21.3 Å². The van der Waals surface area contributed by atoms with Crippen molar-refractivity contribution in [3.8, 4) is 0 Å². The quantitative estimate of drug-likeness (QED) is 0.527. The van der Waals surface area contributed by atoms with Crippen LogP contribution in [0.2, 0.25) is 0 Å². The van der Waals surface area contributed by atoms with Gasteiger partial charge in [-0.3, -0.25) is 4.79 Å². The van der Waals surface area contributed by atoms with E-state index in [1.807, 2.05) is 6.92 Å². The molecule has 9 heavy (non-hydrogen) atoms. The van der Waals surface area contributed by atoms with Gasteiger partial charge in [-0.25, -0.2) is 0 Å². The maximum Gasteiger partial charge on any atom is 0.171 e. The summed E-state index contributed by atoms with van der Waals surface area (Å²) in [5.74, 6) is 0. The lowest BCUT2D eigenvalue weighted by molar-refractivity contribution is 0.111. The Balaban J connectivity index is 2.86. The zero-order chi connectivity index (χ0) is 6.69. The molecule has 0 aliphatic carbocycles. The van der Waals surface area contributed by atoms with E-state index in [1.165, 1.54) is 11.0 Å². The Bertz CT molecular complexity index is 206. The predicted molar refractivity (Wildman–Crippen MR) is 31.1 cm³/mol. The smallest absolute Gasteiger partial charge is 0.171 e. The van der Waals surface area contributed by atoms with E-state index in [0.29, 0.717) is 18.5 Å². The fourth-order valence-electron chi connectivity index (χ4n) is 0.517. The molecule has 0 saturated heterocycles. The summed E-state index contributed by atoms with van der Waals surface area (Å²) in [5.41, 5.74) is 0.386. The molecule has 1 rings (SSSR count). The van der Waals surface area contributed by atoms with Crippen molar-refractivity contribution in [2.24, 2.45) is 0 Å². The first kappa shape index (κ1) is 5.94. The van der Waals surface area contributed by atoms with E-state index in [0.717, 1.165) is 0 Å². The number of nitrogens with zero attached hydrogens (tertiary/aromatic N) is 3. The molecule has 48 valence electrons. The highest BCUT2D eigenvalue weighted by Gasteiger charge is 1.93. The number of aryl methyl sites for hydroxylation is 1. The van der Waals surface area contributed by atoms with Crippen molar-refractivity contribution in [1.29, 1.82) is 0 Å². The summed E-state index contributed by atoms with van der Waals surface area (Å²) in [5, 5.41) is 7.56. The molecule has 0 unspecified atom stereocenters. The Morgan fingerprint density at radius 3 is 3.00 bits per heavy atom. The lowest BCUT2D eigenvalue weighted by Crippen LogP contribution is -1.98. The zero-order valence-electron chi connectivity index (χ0n) is 5.11. The SMILES string of the molecule is CCn1ncc(C=O)n1. The van der Waals surface area contributed by atoms with Gasteiger partial charge < -0.3 is 0 Å². The van der Waals surface area contributed by atoms with Crippen LogP contribution in [0.1, 0.15) is 17.4 Å². The van der Waals surface area contributed by atoms with Crippen molar-refractivity contribution in [3.05, 3.63) is 11.9 Å². The first-order valence-corrected chi connectivity index (χ1v) is 2.72. The summed E-state index contributed by atoms with van der Waals surface area (Å²) < 4.78 is 0. The van der Waals surface area contributed by atoms with Crippen molar-refractivity contribution < 1.29 is 4.79 Å². The Hall–Kier alpha value is -1.19. The van der Waals surface area contributed by atoms with Crippen molar-refractivity contribution in [3.63, 3.8) is 0 Å². The van der Waals surface area contributed by atoms with Crippen LogP contribution in [0, 0.1) is 0 Å². The fourth-order valence-corrected chi connectivity index (χ4v) is 0.517. The van der Waals surface area contributed by atoms with Gasteiger partial charge in [0.25, 0.3) is 0 Å². The van der Waals surface area contributed by atoms with E-state index in [4.69, 9.17) is 0 Å². The second kappa shape index (κ2) is 2.39. The van der Waals surface area contributed by atoms with Gasteiger partial charge in [-0.1, -0.05) is 0 Å². The number of carbonyl (C=O) groups is 1. The molecule has 0 fully saturated rings. The molecule has 1 heterocycles. The van der Waals surface area contributed by atoms with Gasteiger partial charge in [-0.15, -0.1) is 0 Å². The minimum Gasteiger partial charge on any atom is -0.296 e. The summed E-state index contributed by atoms with van der Waals surface area (Å²) in [4.78, 5) is 11.5. The van der Waals surface area contributed by atoms with Crippen LogP contribution in [0.4, 0.5) is 0 Å². The minimum absolute atomic E-state index is 0.386. The minimum atomic E-state index is 0.386. The average Bonchev–Trinajstić information content (AvgIpc) is 2.34. The highest BCUT2D eigenvalue weighted by atomic mass is 16.1. The molecule has 0 aliphatic rings.